The molecule has 2 heterocycles. The van der Waals surface area contributed by atoms with Gasteiger partial charge in [0.25, 0.3) is 5.91 Å². The normalized spacial score (nSPS) is 16.1. The van der Waals surface area contributed by atoms with Gasteiger partial charge in [-0.3, -0.25) is 4.79 Å². The fourth-order valence-electron chi connectivity index (χ4n) is 4.34. The maximum atomic E-state index is 14.4. The van der Waals surface area contributed by atoms with Gasteiger partial charge in [-0.25, -0.2) is 4.39 Å². The van der Waals surface area contributed by atoms with Crippen LogP contribution in [0.25, 0.3) is 10.9 Å². The number of aromatic nitrogens is 1. The largest absolute Gasteiger partial charge is 0.356 e. The number of aryl methyl sites for hydroxylation is 1. The number of nitrogens with one attached hydrogen (secondary N) is 1. The minimum Gasteiger partial charge on any atom is -0.356 e. The molecule has 1 aliphatic heterocycles. The Kier molecular flexibility index (Phi) is 4.20. The average molecular weight is 384 g/mol. The Bertz CT molecular complexity index is 1210. The van der Waals surface area contributed by atoms with E-state index in [-0.39, 0.29) is 17.5 Å². The van der Waals surface area contributed by atoms with Gasteiger partial charge in [0.1, 0.15) is 5.82 Å². The Labute approximate surface area is 168 Å². The zero-order chi connectivity index (χ0) is 20.0. The fourth-order valence-corrected chi connectivity index (χ4v) is 4.34. The lowest BCUT2D eigenvalue weighted by atomic mass is 9.91. The summed E-state index contributed by atoms with van der Waals surface area (Å²) >= 11 is 0. The lowest BCUT2D eigenvalue weighted by Gasteiger charge is -2.36. The van der Waals surface area contributed by atoms with Crippen LogP contribution >= 0.6 is 0 Å². The Morgan fingerprint density at radius 1 is 1.00 bits per heavy atom. The van der Waals surface area contributed by atoms with Crippen molar-refractivity contribution in [2.24, 2.45) is 0 Å². The van der Waals surface area contributed by atoms with Gasteiger partial charge in [0.2, 0.25) is 0 Å². The molecule has 0 saturated carbocycles. The molecule has 0 saturated heterocycles. The fraction of sp³-hybridized carbons (Fsp3) is 0.160. The van der Waals surface area contributed by atoms with Gasteiger partial charge in [0.05, 0.1) is 11.6 Å². The molecule has 3 aromatic carbocycles. The van der Waals surface area contributed by atoms with Crippen molar-refractivity contribution in [3.05, 3.63) is 107 Å². The molecular formula is C25H21FN2O. The van der Waals surface area contributed by atoms with Crippen LogP contribution in [-0.4, -0.2) is 22.3 Å². The summed E-state index contributed by atoms with van der Waals surface area (Å²) in [6, 6.07) is 22.4. The van der Waals surface area contributed by atoms with Crippen LogP contribution in [0.3, 0.4) is 0 Å². The Hall–Kier alpha value is -3.40. The third-order valence-corrected chi connectivity index (χ3v) is 5.79. The maximum Gasteiger partial charge on any atom is 0.257 e. The van der Waals surface area contributed by atoms with Gasteiger partial charge in [-0.2, -0.15) is 0 Å². The summed E-state index contributed by atoms with van der Waals surface area (Å²) in [6.45, 7) is 2.59. The third kappa shape index (κ3) is 2.92. The first kappa shape index (κ1) is 17.7. The van der Waals surface area contributed by atoms with Crippen LogP contribution in [-0.2, 0) is 6.42 Å². The highest BCUT2D eigenvalue weighted by molar-refractivity contribution is 5.96. The van der Waals surface area contributed by atoms with Crippen LogP contribution in [0.2, 0.25) is 0 Å². The Morgan fingerprint density at radius 2 is 1.72 bits per heavy atom. The first-order chi connectivity index (χ1) is 14.1. The highest BCUT2D eigenvalue weighted by atomic mass is 19.1. The van der Waals surface area contributed by atoms with E-state index in [4.69, 9.17) is 0 Å². The van der Waals surface area contributed by atoms with Crippen molar-refractivity contribution in [3.8, 4) is 0 Å². The smallest absolute Gasteiger partial charge is 0.257 e. The molecule has 0 aliphatic carbocycles. The molecule has 1 atom stereocenters. The standard InChI is InChI=1S/C25H21FN2O/c1-16-10-12-17(13-11-16)24-23-19(18-6-3-5-9-22(18)27-23)14-15-28(24)25(29)20-7-2-4-8-21(20)26/h2-13,24,27H,14-15H2,1H3/t24-/m1/s1. The lowest BCUT2D eigenvalue weighted by Crippen LogP contribution is -2.41. The Balaban J connectivity index is 1.68. The number of aromatic amines is 1. The quantitative estimate of drug-likeness (QED) is 0.493. The number of hydrogen-bond donors (Lipinski definition) is 1. The molecule has 1 N–H and O–H groups in total. The molecule has 1 aromatic heterocycles. The van der Waals surface area contributed by atoms with Crippen LogP contribution in [0.4, 0.5) is 4.39 Å². The number of rotatable bonds is 2. The van der Waals surface area contributed by atoms with E-state index in [1.807, 2.05) is 19.1 Å². The van der Waals surface area contributed by atoms with Gasteiger partial charge in [0, 0.05) is 23.1 Å². The number of carbonyl (C=O) groups excluding carboxylic acids is 1. The van der Waals surface area contributed by atoms with E-state index in [2.05, 4.69) is 41.4 Å². The zero-order valence-corrected chi connectivity index (χ0v) is 16.2. The second-order valence-corrected chi connectivity index (χ2v) is 7.60. The van der Waals surface area contributed by atoms with Crippen molar-refractivity contribution in [3.63, 3.8) is 0 Å². The van der Waals surface area contributed by atoms with Crippen LogP contribution in [0.15, 0.2) is 72.8 Å². The molecule has 1 amide bonds. The molecule has 5 rings (SSSR count). The summed E-state index contributed by atoms with van der Waals surface area (Å²) in [5, 5.41) is 1.19. The van der Waals surface area contributed by atoms with Gasteiger partial charge in [-0.05, 0) is 42.7 Å². The summed E-state index contributed by atoms with van der Waals surface area (Å²) in [4.78, 5) is 18.7. The van der Waals surface area contributed by atoms with Crippen LogP contribution in [0.1, 0.15) is 38.8 Å². The first-order valence-electron chi connectivity index (χ1n) is 9.85. The molecule has 29 heavy (non-hydrogen) atoms. The van der Waals surface area contributed by atoms with Crippen LogP contribution < -0.4 is 0 Å². The highest BCUT2D eigenvalue weighted by Crippen LogP contribution is 2.39. The molecule has 1 aliphatic rings. The summed E-state index contributed by atoms with van der Waals surface area (Å²) in [7, 11) is 0. The molecular weight excluding hydrogens is 363 g/mol. The van der Waals surface area contributed by atoms with Crippen LogP contribution in [0, 0.1) is 12.7 Å². The Morgan fingerprint density at radius 3 is 2.52 bits per heavy atom. The maximum absolute atomic E-state index is 14.4. The number of fused-ring (bicyclic) bond motifs is 3. The number of carbonyl (C=O) groups is 1. The average Bonchev–Trinajstić information content (AvgIpc) is 3.12. The van der Waals surface area contributed by atoms with E-state index in [1.54, 1.807) is 23.1 Å². The highest BCUT2D eigenvalue weighted by Gasteiger charge is 2.35. The van der Waals surface area contributed by atoms with E-state index in [0.717, 1.165) is 28.8 Å². The zero-order valence-electron chi connectivity index (χ0n) is 16.2. The molecule has 3 nitrogen and oxygen atoms in total. The van der Waals surface area contributed by atoms with Gasteiger partial charge in [0.15, 0.2) is 0 Å². The summed E-state index contributed by atoms with van der Waals surface area (Å²) in [6.07, 6.45) is 0.738. The predicted molar refractivity (Wildman–Crippen MR) is 112 cm³/mol. The molecule has 0 unspecified atom stereocenters. The van der Waals surface area contributed by atoms with Gasteiger partial charge in [-0.1, -0.05) is 60.2 Å². The van der Waals surface area contributed by atoms with Crippen molar-refractivity contribution < 1.29 is 9.18 Å². The van der Waals surface area contributed by atoms with Crippen molar-refractivity contribution in [2.45, 2.75) is 19.4 Å². The molecule has 0 fully saturated rings. The molecule has 0 bridgehead atoms. The van der Waals surface area contributed by atoms with Crippen molar-refractivity contribution >= 4 is 16.8 Å². The number of amides is 1. The van der Waals surface area contributed by atoms with E-state index >= 15 is 0 Å². The predicted octanol–water partition coefficient (Wildman–Crippen LogP) is 5.40. The van der Waals surface area contributed by atoms with Gasteiger partial charge < -0.3 is 9.88 Å². The number of H-pyrrole nitrogens is 1. The number of halogens is 1. The topological polar surface area (TPSA) is 36.1 Å². The minimum atomic E-state index is -0.484. The van der Waals surface area contributed by atoms with E-state index in [0.29, 0.717) is 6.54 Å². The summed E-state index contributed by atoms with van der Waals surface area (Å²) in [5.41, 5.74) is 5.62. The SMILES string of the molecule is Cc1ccc([C@@H]2c3[nH]c4ccccc4c3CCN2C(=O)c2ccccc2F)cc1. The van der Waals surface area contributed by atoms with E-state index < -0.39 is 5.82 Å². The molecule has 0 spiro atoms. The van der Waals surface area contributed by atoms with Crippen molar-refractivity contribution in [1.29, 1.82) is 0 Å². The number of nitrogens with zero attached hydrogens (tertiary/aromatic N) is 1. The van der Waals surface area contributed by atoms with Gasteiger partial charge >= 0.3 is 0 Å². The molecule has 0 radical (unpaired) electrons. The van der Waals surface area contributed by atoms with E-state index in [1.165, 1.54) is 17.0 Å². The second-order valence-electron chi connectivity index (χ2n) is 7.60. The minimum absolute atomic E-state index is 0.115. The third-order valence-electron chi connectivity index (χ3n) is 5.79. The summed E-state index contributed by atoms with van der Waals surface area (Å²) < 4.78 is 14.4. The molecule has 144 valence electrons. The van der Waals surface area contributed by atoms with Gasteiger partial charge in [-0.15, -0.1) is 0 Å². The van der Waals surface area contributed by atoms with Crippen molar-refractivity contribution in [2.75, 3.05) is 6.54 Å². The summed E-state index contributed by atoms with van der Waals surface area (Å²) in [5.74, 6) is -0.763. The van der Waals surface area contributed by atoms with E-state index in [9.17, 15) is 9.18 Å². The lowest BCUT2D eigenvalue weighted by molar-refractivity contribution is 0.0687. The second kappa shape index (κ2) is 6.89. The molecule has 4 heteroatoms. The number of para-hydroxylation sites is 1. The van der Waals surface area contributed by atoms with Crippen molar-refractivity contribution in [1.82, 2.24) is 9.88 Å². The number of hydrogen-bond acceptors (Lipinski definition) is 1. The first-order valence-corrected chi connectivity index (χ1v) is 9.85. The van der Waals surface area contributed by atoms with Crippen LogP contribution in [0.5, 0.6) is 0 Å². The number of benzene rings is 3. The monoisotopic (exact) mass is 384 g/mol. The molecule has 4 aromatic rings.